The fraction of sp³-hybridized carbons (Fsp3) is 0.316. The van der Waals surface area contributed by atoms with Gasteiger partial charge in [0.25, 0.3) is 5.56 Å². The Morgan fingerprint density at radius 2 is 2.00 bits per heavy atom. The third-order valence-electron chi connectivity index (χ3n) is 4.51. The van der Waals surface area contributed by atoms with Gasteiger partial charge in [-0.2, -0.15) is 0 Å². The van der Waals surface area contributed by atoms with Crippen molar-refractivity contribution in [1.29, 1.82) is 0 Å². The van der Waals surface area contributed by atoms with Crippen LogP contribution in [0.25, 0.3) is 0 Å². The summed E-state index contributed by atoms with van der Waals surface area (Å²) in [7, 11) is 2.57. The normalized spacial score (nSPS) is 13.4. The number of pyridine rings is 1. The second-order valence-electron chi connectivity index (χ2n) is 6.26. The molecule has 1 amide bonds. The van der Waals surface area contributed by atoms with E-state index in [0.717, 1.165) is 13.3 Å². The molecule has 0 saturated heterocycles. The topological polar surface area (TPSA) is 150 Å². The number of amides is 1. The highest BCUT2D eigenvalue weighted by Crippen LogP contribution is 2.44. The average Bonchev–Trinajstić information content (AvgIpc) is 2.71. The van der Waals surface area contributed by atoms with E-state index in [2.05, 4.69) is 9.72 Å². The number of hydrogen-bond donors (Lipinski definition) is 3. The predicted octanol–water partition coefficient (Wildman–Crippen LogP) is 0.654. The van der Waals surface area contributed by atoms with Crippen LogP contribution in [0, 0.1) is 0 Å². The molecule has 4 N–H and O–H groups in total. The highest BCUT2D eigenvalue weighted by molar-refractivity contribution is 5.92. The van der Waals surface area contributed by atoms with Crippen molar-refractivity contribution in [2.75, 3.05) is 27.4 Å². The Kier molecular flexibility index (Phi) is 5.62. The number of carbonyl (C=O) groups excluding carboxylic acids is 2. The van der Waals surface area contributed by atoms with Gasteiger partial charge in [0.2, 0.25) is 11.7 Å². The molecule has 1 aliphatic rings. The van der Waals surface area contributed by atoms with Crippen molar-refractivity contribution in [3.8, 4) is 23.0 Å². The lowest BCUT2D eigenvalue weighted by Gasteiger charge is -2.24. The summed E-state index contributed by atoms with van der Waals surface area (Å²) in [5.74, 6) is -2.07. The molecule has 0 fully saturated rings. The van der Waals surface area contributed by atoms with Gasteiger partial charge in [0.1, 0.15) is 24.5 Å². The molecule has 1 aliphatic heterocycles. The number of aromatic nitrogens is 1. The van der Waals surface area contributed by atoms with E-state index in [9.17, 15) is 19.5 Å². The first-order chi connectivity index (χ1) is 13.9. The van der Waals surface area contributed by atoms with Crippen LogP contribution >= 0.6 is 0 Å². The van der Waals surface area contributed by atoms with Crippen molar-refractivity contribution < 1.29 is 33.6 Å². The van der Waals surface area contributed by atoms with Crippen molar-refractivity contribution in [3.05, 3.63) is 45.4 Å². The van der Waals surface area contributed by atoms with Gasteiger partial charge in [0.05, 0.1) is 19.8 Å². The lowest BCUT2D eigenvalue weighted by atomic mass is 9.87. The van der Waals surface area contributed by atoms with Gasteiger partial charge in [0.15, 0.2) is 11.5 Å². The van der Waals surface area contributed by atoms with E-state index in [1.807, 2.05) is 0 Å². The third-order valence-corrected chi connectivity index (χ3v) is 4.51. The molecule has 2 aromatic rings. The van der Waals surface area contributed by atoms with Crippen LogP contribution in [0.15, 0.2) is 23.1 Å². The summed E-state index contributed by atoms with van der Waals surface area (Å²) in [5, 5.41) is 10.6. The first-order valence-corrected chi connectivity index (χ1v) is 8.66. The van der Waals surface area contributed by atoms with E-state index in [1.54, 1.807) is 12.1 Å². The molecular formula is C19H20N2O8. The molecule has 0 bridgehead atoms. The molecule has 0 aliphatic carbocycles. The molecule has 3 rings (SSSR count). The first-order valence-electron chi connectivity index (χ1n) is 8.66. The SMILES string of the molecule is COC(=O)c1c[nH]c(=O)c([C@@H](CC(N)=O)c2cc(OC)c3c(c2)OCCO3)c1O. The number of benzene rings is 1. The number of ether oxygens (including phenoxy) is 4. The van der Waals surface area contributed by atoms with Gasteiger partial charge >= 0.3 is 5.97 Å². The molecule has 154 valence electrons. The molecule has 1 atom stereocenters. The van der Waals surface area contributed by atoms with Crippen LogP contribution < -0.4 is 25.5 Å². The first kappa shape index (κ1) is 20.1. The molecule has 0 unspecified atom stereocenters. The van der Waals surface area contributed by atoms with E-state index in [1.165, 1.54) is 7.11 Å². The van der Waals surface area contributed by atoms with E-state index >= 15 is 0 Å². The summed E-state index contributed by atoms with van der Waals surface area (Å²) in [4.78, 5) is 38.6. The molecule has 1 aromatic carbocycles. The van der Waals surface area contributed by atoms with Gasteiger partial charge in [-0.15, -0.1) is 0 Å². The largest absolute Gasteiger partial charge is 0.506 e. The number of aromatic hydroxyl groups is 1. The number of nitrogens with two attached hydrogens (primary N) is 1. The Morgan fingerprint density at radius 1 is 1.28 bits per heavy atom. The van der Waals surface area contributed by atoms with Crippen LogP contribution in [-0.2, 0) is 9.53 Å². The number of methoxy groups -OCH3 is 2. The molecule has 2 heterocycles. The fourth-order valence-corrected chi connectivity index (χ4v) is 3.21. The number of esters is 1. The summed E-state index contributed by atoms with van der Waals surface area (Å²) < 4.78 is 21.1. The minimum atomic E-state index is -0.981. The summed E-state index contributed by atoms with van der Waals surface area (Å²) in [6.45, 7) is 0.652. The monoisotopic (exact) mass is 404 g/mol. The van der Waals surface area contributed by atoms with Crippen LogP contribution in [-0.4, -0.2) is 49.4 Å². The van der Waals surface area contributed by atoms with Crippen LogP contribution in [0.2, 0.25) is 0 Å². The van der Waals surface area contributed by atoms with Crippen LogP contribution in [0.5, 0.6) is 23.0 Å². The van der Waals surface area contributed by atoms with Gasteiger partial charge in [-0.05, 0) is 17.7 Å². The Morgan fingerprint density at radius 3 is 2.66 bits per heavy atom. The Bertz CT molecular complexity index is 997. The standard InChI is InChI=1S/C19H20N2O8/c1-26-12-5-9(6-13-17(12)29-4-3-28-13)10(7-14(20)22)15-16(23)11(19(25)27-2)8-21-18(15)24/h5-6,8,10H,3-4,7H2,1-2H3,(H2,20,22)(H2,21,23,24)/t10-/m0/s1. The molecular weight excluding hydrogens is 384 g/mol. The number of carbonyl (C=O) groups is 2. The van der Waals surface area contributed by atoms with Crippen molar-refractivity contribution in [2.24, 2.45) is 5.73 Å². The minimum Gasteiger partial charge on any atom is -0.506 e. The predicted molar refractivity (Wildman–Crippen MR) is 99.7 cm³/mol. The van der Waals surface area contributed by atoms with Gasteiger partial charge in [0, 0.05) is 18.5 Å². The van der Waals surface area contributed by atoms with E-state index < -0.39 is 29.1 Å². The number of fused-ring (bicyclic) bond motifs is 1. The highest BCUT2D eigenvalue weighted by atomic mass is 16.6. The zero-order chi connectivity index (χ0) is 21.1. The Balaban J connectivity index is 2.22. The fourth-order valence-electron chi connectivity index (χ4n) is 3.21. The maximum absolute atomic E-state index is 12.5. The molecule has 0 saturated carbocycles. The van der Waals surface area contributed by atoms with Crippen LogP contribution in [0.1, 0.15) is 33.8 Å². The number of rotatable bonds is 6. The van der Waals surface area contributed by atoms with Crippen molar-refractivity contribution >= 4 is 11.9 Å². The van der Waals surface area contributed by atoms with Gasteiger partial charge in [-0.1, -0.05) is 0 Å². The number of hydrogen-bond acceptors (Lipinski definition) is 8. The van der Waals surface area contributed by atoms with Gasteiger partial charge in [-0.25, -0.2) is 4.79 Å². The molecule has 1 aromatic heterocycles. The lowest BCUT2D eigenvalue weighted by molar-refractivity contribution is -0.118. The quantitative estimate of drug-likeness (QED) is 0.594. The second-order valence-corrected chi connectivity index (χ2v) is 6.26. The van der Waals surface area contributed by atoms with E-state index in [4.69, 9.17) is 19.9 Å². The third kappa shape index (κ3) is 3.82. The van der Waals surface area contributed by atoms with E-state index in [0.29, 0.717) is 36.0 Å². The minimum absolute atomic E-state index is 0.203. The summed E-state index contributed by atoms with van der Waals surface area (Å²) in [5.41, 5.74) is 4.66. The summed E-state index contributed by atoms with van der Waals surface area (Å²) in [6.07, 6.45) is 0.725. The molecule has 0 spiro atoms. The second kappa shape index (κ2) is 8.13. The summed E-state index contributed by atoms with van der Waals surface area (Å²) in [6, 6.07) is 3.14. The van der Waals surface area contributed by atoms with Gasteiger partial charge in [-0.3, -0.25) is 9.59 Å². The smallest absolute Gasteiger partial charge is 0.343 e. The lowest BCUT2D eigenvalue weighted by Crippen LogP contribution is -2.24. The number of aromatic amines is 1. The molecule has 29 heavy (non-hydrogen) atoms. The maximum atomic E-state index is 12.5. The van der Waals surface area contributed by atoms with E-state index in [-0.39, 0.29) is 17.5 Å². The number of H-pyrrole nitrogens is 1. The highest BCUT2D eigenvalue weighted by Gasteiger charge is 2.30. The molecule has 0 radical (unpaired) electrons. The van der Waals surface area contributed by atoms with Crippen molar-refractivity contribution in [3.63, 3.8) is 0 Å². The Hall–Kier alpha value is -3.69. The zero-order valence-corrected chi connectivity index (χ0v) is 15.8. The summed E-state index contributed by atoms with van der Waals surface area (Å²) >= 11 is 0. The molecule has 10 heteroatoms. The maximum Gasteiger partial charge on any atom is 0.343 e. The van der Waals surface area contributed by atoms with Crippen LogP contribution in [0.4, 0.5) is 0 Å². The average molecular weight is 404 g/mol. The number of primary amides is 1. The number of nitrogens with one attached hydrogen (secondary N) is 1. The van der Waals surface area contributed by atoms with Crippen molar-refractivity contribution in [1.82, 2.24) is 4.98 Å². The van der Waals surface area contributed by atoms with Gasteiger partial charge < -0.3 is 34.8 Å². The Labute approximate surface area is 165 Å². The zero-order valence-electron chi connectivity index (χ0n) is 15.8. The molecule has 10 nitrogen and oxygen atoms in total. The van der Waals surface area contributed by atoms with Crippen LogP contribution in [0.3, 0.4) is 0 Å². The van der Waals surface area contributed by atoms with Crippen molar-refractivity contribution in [2.45, 2.75) is 12.3 Å².